The Morgan fingerprint density at radius 1 is 1.67 bits per heavy atom. The fourth-order valence-electron chi connectivity index (χ4n) is 2.28. The van der Waals surface area contributed by atoms with E-state index in [0.29, 0.717) is 12.1 Å². The third-order valence-corrected chi connectivity index (χ3v) is 3.25. The number of carbonyl (C=O) groups excluding carboxylic acids is 1. The Kier molecular flexibility index (Phi) is 1.97. The van der Waals surface area contributed by atoms with Gasteiger partial charge in [0.15, 0.2) is 0 Å². The zero-order valence-electron chi connectivity index (χ0n) is 7.09. The van der Waals surface area contributed by atoms with Gasteiger partial charge in [0.05, 0.1) is 0 Å². The first kappa shape index (κ1) is 8.27. The van der Waals surface area contributed by atoms with Gasteiger partial charge in [-0.15, -0.1) is 0 Å². The first-order chi connectivity index (χ1) is 5.70. The van der Waals surface area contributed by atoms with E-state index in [4.69, 9.17) is 11.6 Å². The maximum absolute atomic E-state index is 11.0. The standard InChI is InChI=1S/C9H12ClNO/c1-11-6-2-4-7(9(10)12)8(11)5-3-6/h4,6,8H,2-3,5H2,1H3. The van der Waals surface area contributed by atoms with Gasteiger partial charge in [-0.1, -0.05) is 6.08 Å². The Morgan fingerprint density at radius 2 is 2.42 bits per heavy atom. The molecule has 12 heavy (non-hydrogen) atoms. The molecule has 0 aromatic heterocycles. The highest BCUT2D eigenvalue weighted by Crippen LogP contribution is 2.34. The minimum absolute atomic E-state index is 0.271. The zero-order chi connectivity index (χ0) is 8.72. The molecule has 1 fully saturated rings. The van der Waals surface area contributed by atoms with Gasteiger partial charge in [0.1, 0.15) is 0 Å². The van der Waals surface area contributed by atoms with Crippen LogP contribution in [0.4, 0.5) is 0 Å². The first-order valence-electron chi connectivity index (χ1n) is 4.32. The van der Waals surface area contributed by atoms with Gasteiger partial charge in [0.25, 0.3) is 0 Å². The Balaban J connectivity index is 2.27. The fraction of sp³-hybridized carbons (Fsp3) is 0.667. The third kappa shape index (κ3) is 1.10. The van der Waals surface area contributed by atoms with Gasteiger partial charge in [0.2, 0.25) is 5.24 Å². The molecule has 2 bridgehead atoms. The van der Waals surface area contributed by atoms with Crippen LogP contribution < -0.4 is 0 Å². The van der Waals surface area contributed by atoms with Crippen molar-refractivity contribution in [2.75, 3.05) is 7.05 Å². The van der Waals surface area contributed by atoms with E-state index in [9.17, 15) is 4.79 Å². The second-order valence-corrected chi connectivity index (χ2v) is 3.92. The number of rotatable bonds is 1. The van der Waals surface area contributed by atoms with Gasteiger partial charge in [-0.2, -0.15) is 0 Å². The van der Waals surface area contributed by atoms with Crippen molar-refractivity contribution in [2.24, 2.45) is 0 Å². The van der Waals surface area contributed by atoms with E-state index in [2.05, 4.69) is 11.9 Å². The maximum atomic E-state index is 11.0. The van der Waals surface area contributed by atoms with E-state index in [1.807, 2.05) is 6.08 Å². The van der Waals surface area contributed by atoms with Crippen molar-refractivity contribution < 1.29 is 4.79 Å². The van der Waals surface area contributed by atoms with Crippen LogP contribution in [0.3, 0.4) is 0 Å². The topological polar surface area (TPSA) is 20.3 Å². The number of halogens is 1. The number of carbonyl (C=O) groups is 1. The summed E-state index contributed by atoms with van der Waals surface area (Å²) >= 11 is 5.48. The highest BCUT2D eigenvalue weighted by molar-refractivity contribution is 6.67. The number of likely N-dealkylation sites (N-methyl/N-ethyl adjacent to an activating group) is 1. The molecule has 2 atom stereocenters. The maximum Gasteiger partial charge on any atom is 0.249 e. The summed E-state index contributed by atoms with van der Waals surface area (Å²) in [6.07, 6.45) is 5.29. The average molecular weight is 186 g/mol. The quantitative estimate of drug-likeness (QED) is 0.578. The van der Waals surface area contributed by atoms with Crippen molar-refractivity contribution in [2.45, 2.75) is 31.3 Å². The van der Waals surface area contributed by atoms with Crippen LogP contribution >= 0.6 is 11.6 Å². The second-order valence-electron chi connectivity index (χ2n) is 3.58. The summed E-state index contributed by atoms with van der Waals surface area (Å²) in [6, 6.07) is 0.948. The van der Waals surface area contributed by atoms with Crippen LogP contribution in [0, 0.1) is 0 Å². The summed E-state index contributed by atoms with van der Waals surface area (Å²) in [5.41, 5.74) is 0.813. The molecule has 0 aromatic rings. The Hall–Kier alpha value is -0.340. The molecule has 2 rings (SSSR count). The smallest absolute Gasteiger partial charge is 0.249 e. The fourth-order valence-corrected chi connectivity index (χ4v) is 2.48. The molecule has 66 valence electrons. The van der Waals surface area contributed by atoms with Crippen molar-refractivity contribution in [3.8, 4) is 0 Å². The van der Waals surface area contributed by atoms with E-state index in [1.54, 1.807) is 0 Å². The van der Waals surface area contributed by atoms with Crippen molar-refractivity contribution in [1.29, 1.82) is 0 Å². The van der Waals surface area contributed by atoms with Crippen LogP contribution in [0.25, 0.3) is 0 Å². The molecule has 2 heterocycles. The highest BCUT2D eigenvalue weighted by Gasteiger charge is 2.37. The molecular formula is C9H12ClNO. The average Bonchev–Trinajstić information content (AvgIpc) is 2.32. The number of hydrogen-bond donors (Lipinski definition) is 0. The zero-order valence-corrected chi connectivity index (χ0v) is 7.84. The Morgan fingerprint density at radius 3 is 3.08 bits per heavy atom. The van der Waals surface area contributed by atoms with Crippen LogP contribution in [0.15, 0.2) is 11.6 Å². The van der Waals surface area contributed by atoms with Crippen LogP contribution in [0.1, 0.15) is 19.3 Å². The van der Waals surface area contributed by atoms with Gasteiger partial charge in [0, 0.05) is 17.7 Å². The molecule has 2 aliphatic heterocycles. The van der Waals surface area contributed by atoms with Crippen molar-refractivity contribution in [3.63, 3.8) is 0 Å². The van der Waals surface area contributed by atoms with Gasteiger partial charge < -0.3 is 0 Å². The van der Waals surface area contributed by atoms with Gasteiger partial charge in [-0.05, 0) is 37.9 Å². The van der Waals surface area contributed by atoms with Crippen molar-refractivity contribution >= 4 is 16.8 Å². The lowest BCUT2D eigenvalue weighted by Gasteiger charge is -2.29. The summed E-state index contributed by atoms with van der Waals surface area (Å²) in [7, 11) is 2.08. The molecular weight excluding hydrogens is 174 g/mol. The van der Waals surface area contributed by atoms with Gasteiger partial charge >= 0.3 is 0 Å². The number of hydrogen-bond acceptors (Lipinski definition) is 2. The molecule has 0 spiro atoms. The predicted molar refractivity (Wildman–Crippen MR) is 48.1 cm³/mol. The van der Waals surface area contributed by atoms with Crippen LogP contribution in [-0.4, -0.2) is 29.3 Å². The summed E-state index contributed by atoms with van der Waals surface area (Å²) in [5, 5.41) is -0.271. The molecule has 1 saturated heterocycles. The van der Waals surface area contributed by atoms with E-state index in [0.717, 1.165) is 18.4 Å². The highest BCUT2D eigenvalue weighted by atomic mass is 35.5. The first-order valence-corrected chi connectivity index (χ1v) is 4.70. The molecule has 0 N–H and O–H groups in total. The molecule has 0 saturated carbocycles. The van der Waals surface area contributed by atoms with Crippen LogP contribution in [-0.2, 0) is 4.79 Å². The Bertz CT molecular complexity index is 249. The van der Waals surface area contributed by atoms with Crippen LogP contribution in [0.2, 0.25) is 0 Å². The van der Waals surface area contributed by atoms with Crippen LogP contribution in [0.5, 0.6) is 0 Å². The molecule has 3 heteroatoms. The largest absolute Gasteiger partial charge is 0.296 e. The molecule has 2 aliphatic rings. The van der Waals surface area contributed by atoms with E-state index in [1.165, 1.54) is 6.42 Å². The normalized spacial score (nSPS) is 35.0. The lowest BCUT2D eigenvalue weighted by molar-refractivity contribution is -0.109. The number of nitrogens with zero attached hydrogens (tertiary/aromatic N) is 1. The molecule has 2 unspecified atom stereocenters. The summed E-state index contributed by atoms with van der Waals surface area (Å²) in [6.45, 7) is 0. The van der Waals surface area contributed by atoms with Crippen molar-refractivity contribution in [3.05, 3.63) is 11.6 Å². The lowest BCUT2D eigenvalue weighted by atomic mass is 10.0. The van der Waals surface area contributed by atoms with Crippen molar-refractivity contribution in [1.82, 2.24) is 4.90 Å². The molecule has 2 nitrogen and oxygen atoms in total. The van der Waals surface area contributed by atoms with E-state index >= 15 is 0 Å². The number of fused-ring (bicyclic) bond motifs is 2. The van der Waals surface area contributed by atoms with E-state index in [-0.39, 0.29) is 5.24 Å². The predicted octanol–water partition coefficient (Wildman–Crippen LogP) is 1.54. The SMILES string of the molecule is CN1C2CC=C(C(=O)Cl)C1CC2. The summed E-state index contributed by atoms with van der Waals surface area (Å²) in [4.78, 5) is 13.3. The molecule has 0 radical (unpaired) electrons. The van der Waals surface area contributed by atoms with Gasteiger partial charge in [-0.3, -0.25) is 9.69 Å². The monoisotopic (exact) mass is 185 g/mol. The van der Waals surface area contributed by atoms with Gasteiger partial charge in [-0.25, -0.2) is 0 Å². The third-order valence-electron chi connectivity index (χ3n) is 3.04. The second kappa shape index (κ2) is 2.86. The summed E-state index contributed by atoms with van der Waals surface area (Å²) in [5.74, 6) is 0. The minimum atomic E-state index is -0.271. The lowest BCUT2D eigenvalue weighted by Crippen LogP contribution is -2.37. The molecule has 0 amide bonds. The summed E-state index contributed by atoms with van der Waals surface area (Å²) < 4.78 is 0. The molecule has 0 aliphatic carbocycles. The minimum Gasteiger partial charge on any atom is -0.296 e. The van der Waals surface area contributed by atoms with E-state index < -0.39 is 0 Å². The Labute approximate surface area is 77.2 Å². The molecule has 0 aromatic carbocycles.